The molecular formula is C18H12F3N5. The smallest absolute Gasteiger partial charge is 0.340 e. The molecule has 0 aliphatic rings. The number of nitrogens with zero attached hydrogens (tertiary/aromatic N) is 3. The molecule has 26 heavy (non-hydrogen) atoms. The van der Waals surface area contributed by atoms with E-state index < -0.39 is 11.7 Å². The number of para-hydroxylation sites is 1. The van der Waals surface area contributed by atoms with Crippen LogP contribution in [0.15, 0.2) is 60.8 Å². The molecule has 0 aliphatic carbocycles. The first kappa shape index (κ1) is 17.2. The zero-order chi connectivity index (χ0) is 18.6. The Morgan fingerprint density at radius 2 is 1.65 bits per heavy atom. The first-order valence-electron chi connectivity index (χ1n) is 7.49. The van der Waals surface area contributed by atoms with Gasteiger partial charge in [-0.15, -0.1) is 0 Å². The summed E-state index contributed by atoms with van der Waals surface area (Å²) in [5, 5.41) is 15.0. The molecule has 0 bridgehead atoms. The molecule has 0 atom stereocenters. The van der Waals surface area contributed by atoms with E-state index in [1.807, 2.05) is 0 Å². The molecule has 0 radical (unpaired) electrons. The van der Waals surface area contributed by atoms with Crippen LogP contribution in [0.25, 0.3) is 0 Å². The minimum Gasteiger partial charge on any atom is -0.340 e. The van der Waals surface area contributed by atoms with Gasteiger partial charge in [-0.1, -0.05) is 12.1 Å². The minimum absolute atomic E-state index is 0.254. The molecule has 0 aliphatic heterocycles. The normalized spacial score (nSPS) is 10.8. The van der Waals surface area contributed by atoms with E-state index in [2.05, 4.69) is 26.7 Å². The Balaban J connectivity index is 1.76. The van der Waals surface area contributed by atoms with Crippen molar-refractivity contribution in [3.8, 4) is 6.07 Å². The second-order valence-electron chi connectivity index (χ2n) is 5.25. The summed E-state index contributed by atoms with van der Waals surface area (Å²) in [6, 6.07) is 15.2. The molecule has 2 aromatic carbocycles. The molecule has 0 saturated heterocycles. The molecule has 0 amide bonds. The summed E-state index contributed by atoms with van der Waals surface area (Å²) in [7, 11) is 0. The lowest BCUT2D eigenvalue weighted by molar-refractivity contribution is -0.137. The van der Waals surface area contributed by atoms with E-state index in [-0.39, 0.29) is 5.95 Å². The van der Waals surface area contributed by atoms with Crippen LogP contribution in [0.1, 0.15) is 11.1 Å². The number of hydrogen-bond donors (Lipinski definition) is 2. The maximum absolute atomic E-state index is 12.6. The predicted octanol–water partition coefficient (Wildman–Crippen LogP) is 4.85. The average Bonchev–Trinajstić information content (AvgIpc) is 2.62. The van der Waals surface area contributed by atoms with Crippen molar-refractivity contribution in [2.75, 3.05) is 10.6 Å². The molecule has 1 heterocycles. The Morgan fingerprint density at radius 3 is 2.35 bits per heavy atom. The number of alkyl halides is 3. The molecule has 2 N–H and O–H groups in total. The van der Waals surface area contributed by atoms with Gasteiger partial charge in [-0.25, -0.2) is 4.98 Å². The molecule has 3 aromatic rings. The zero-order valence-electron chi connectivity index (χ0n) is 13.2. The number of aromatic nitrogens is 2. The van der Waals surface area contributed by atoms with Crippen LogP contribution in [0.4, 0.5) is 36.3 Å². The van der Waals surface area contributed by atoms with E-state index in [4.69, 9.17) is 5.26 Å². The van der Waals surface area contributed by atoms with Gasteiger partial charge in [-0.2, -0.15) is 23.4 Å². The van der Waals surface area contributed by atoms with Crippen molar-refractivity contribution in [3.63, 3.8) is 0 Å². The van der Waals surface area contributed by atoms with E-state index in [9.17, 15) is 13.2 Å². The lowest BCUT2D eigenvalue weighted by Gasteiger charge is -2.10. The van der Waals surface area contributed by atoms with E-state index in [1.165, 1.54) is 18.3 Å². The van der Waals surface area contributed by atoms with E-state index in [1.54, 1.807) is 30.3 Å². The fourth-order valence-electron chi connectivity index (χ4n) is 2.19. The van der Waals surface area contributed by atoms with Crippen molar-refractivity contribution in [1.82, 2.24) is 9.97 Å². The molecule has 3 rings (SSSR count). The van der Waals surface area contributed by atoms with Crippen LogP contribution < -0.4 is 10.6 Å². The SMILES string of the molecule is N#Cc1ccccc1Nc1nccc(Nc2ccc(C(F)(F)F)cc2)n1. The highest BCUT2D eigenvalue weighted by molar-refractivity contribution is 5.64. The molecular weight excluding hydrogens is 343 g/mol. The summed E-state index contributed by atoms with van der Waals surface area (Å²) in [6.07, 6.45) is -2.88. The van der Waals surface area contributed by atoms with Gasteiger partial charge in [-0.3, -0.25) is 0 Å². The number of benzene rings is 2. The van der Waals surface area contributed by atoms with E-state index in [0.29, 0.717) is 22.8 Å². The van der Waals surface area contributed by atoms with Gasteiger partial charge in [0.05, 0.1) is 16.8 Å². The molecule has 8 heteroatoms. The molecule has 0 spiro atoms. The van der Waals surface area contributed by atoms with Crippen LogP contribution in [-0.2, 0) is 6.18 Å². The summed E-state index contributed by atoms with van der Waals surface area (Å²) in [6.45, 7) is 0. The Hall–Kier alpha value is -3.60. The summed E-state index contributed by atoms with van der Waals surface area (Å²) in [4.78, 5) is 8.32. The molecule has 0 fully saturated rings. The van der Waals surface area contributed by atoms with Gasteiger partial charge in [0, 0.05) is 11.9 Å². The van der Waals surface area contributed by atoms with Crippen LogP contribution in [-0.4, -0.2) is 9.97 Å². The fraction of sp³-hybridized carbons (Fsp3) is 0.0556. The maximum Gasteiger partial charge on any atom is 0.416 e. The molecule has 1 aromatic heterocycles. The van der Waals surface area contributed by atoms with Crippen LogP contribution in [0.5, 0.6) is 0 Å². The molecule has 0 saturated carbocycles. The highest BCUT2D eigenvalue weighted by Gasteiger charge is 2.29. The molecule has 130 valence electrons. The van der Waals surface area contributed by atoms with Crippen LogP contribution in [0.3, 0.4) is 0 Å². The standard InChI is InChI=1S/C18H12F3N5/c19-18(20,21)13-5-7-14(8-6-13)24-16-9-10-23-17(26-16)25-15-4-2-1-3-12(15)11-22/h1-10H,(H2,23,24,25,26). The number of hydrogen-bond acceptors (Lipinski definition) is 5. The minimum atomic E-state index is -4.38. The van der Waals surface area contributed by atoms with Crippen molar-refractivity contribution < 1.29 is 13.2 Å². The first-order chi connectivity index (χ1) is 12.5. The van der Waals surface area contributed by atoms with Crippen LogP contribution in [0.2, 0.25) is 0 Å². The first-order valence-corrected chi connectivity index (χ1v) is 7.49. The second-order valence-corrected chi connectivity index (χ2v) is 5.25. The topological polar surface area (TPSA) is 73.6 Å². The van der Waals surface area contributed by atoms with Crippen molar-refractivity contribution in [1.29, 1.82) is 5.26 Å². The zero-order valence-corrected chi connectivity index (χ0v) is 13.2. The van der Waals surface area contributed by atoms with Crippen molar-refractivity contribution >= 4 is 23.1 Å². The molecule has 0 unspecified atom stereocenters. The monoisotopic (exact) mass is 355 g/mol. The van der Waals surface area contributed by atoms with E-state index in [0.717, 1.165) is 12.1 Å². The highest BCUT2D eigenvalue weighted by Crippen LogP contribution is 2.30. The van der Waals surface area contributed by atoms with Gasteiger partial charge in [0.25, 0.3) is 0 Å². The lowest BCUT2D eigenvalue weighted by Crippen LogP contribution is -2.05. The Labute approximate surface area is 147 Å². The average molecular weight is 355 g/mol. The summed E-state index contributed by atoms with van der Waals surface area (Å²) < 4.78 is 37.8. The van der Waals surface area contributed by atoms with Gasteiger partial charge >= 0.3 is 6.18 Å². The predicted molar refractivity (Wildman–Crippen MR) is 91.2 cm³/mol. The van der Waals surface area contributed by atoms with Crippen LogP contribution >= 0.6 is 0 Å². The summed E-state index contributed by atoms with van der Waals surface area (Å²) in [5.41, 5.74) is 0.736. The van der Waals surface area contributed by atoms with E-state index >= 15 is 0 Å². The highest BCUT2D eigenvalue weighted by atomic mass is 19.4. The quantitative estimate of drug-likeness (QED) is 0.699. The van der Waals surface area contributed by atoms with Crippen LogP contribution in [0, 0.1) is 11.3 Å². The number of anilines is 4. The maximum atomic E-state index is 12.6. The Morgan fingerprint density at radius 1 is 0.923 bits per heavy atom. The third-order valence-corrected chi connectivity index (χ3v) is 3.43. The van der Waals surface area contributed by atoms with Gasteiger partial charge in [-0.05, 0) is 42.5 Å². The second kappa shape index (κ2) is 7.11. The summed E-state index contributed by atoms with van der Waals surface area (Å²) in [5.74, 6) is 0.654. The van der Waals surface area contributed by atoms with Gasteiger partial charge < -0.3 is 10.6 Å². The number of nitrogens with one attached hydrogen (secondary N) is 2. The van der Waals surface area contributed by atoms with Crippen molar-refractivity contribution in [3.05, 3.63) is 71.9 Å². The van der Waals surface area contributed by atoms with Gasteiger partial charge in [0.1, 0.15) is 11.9 Å². The van der Waals surface area contributed by atoms with Crippen molar-refractivity contribution in [2.45, 2.75) is 6.18 Å². The number of halogens is 3. The van der Waals surface area contributed by atoms with Crippen molar-refractivity contribution in [2.24, 2.45) is 0 Å². The largest absolute Gasteiger partial charge is 0.416 e. The fourth-order valence-corrected chi connectivity index (χ4v) is 2.19. The summed E-state index contributed by atoms with van der Waals surface area (Å²) >= 11 is 0. The van der Waals surface area contributed by atoms with Gasteiger partial charge in [0.15, 0.2) is 0 Å². The molecule has 5 nitrogen and oxygen atoms in total. The third-order valence-electron chi connectivity index (χ3n) is 3.43. The van der Waals surface area contributed by atoms with Gasteiger partial charge in [0.2, 0.25) is 5.95 Å². The Kier molecular flexibility index (Phi) is 4.71. The third kappa shape index (κ3) is 4.08. The lowest BCUT2D eigenvalue weighted by atomic mass is 10.2. The number of rotatable bonds is 4. The number of nitriles is 1. The Bertz CT molecular complexity index is 946.